The van der Waals surface area contributed by atoms with Crippen molar-refractivity contribution in [3.8, 4) is 0 Å². The van der Waals surface area contributed by atoms with Crippen molar-refractivity contribution >= 4 is 17.8 Å². The second kappa shape index (κ2) is 5.65. The second-order valence-corrected chi connectivity index (χ2v) is 4.48. The fourth-order valence-corrected chi connectivity index (χ4v) is 2.03. The molecule has 1 rings (SSSR count). The van der Waals surface area contributed by atoms with E-state index in [1.165, 1.54) is 6.92 Å². The molecule has 2 amide bonds. The lowest BCUT2D eigenvalue weighted by molar-refractivity contribution is -0.141. The van der Waals surface area contributed by atoms with Crippen LogP contribution in [-0.2, 0) is 14.4 Å². The van der Waals surface area contributed by atoms with Crippen molar-refractivity contribution in [3.63, 3.8) is 0 Å². The molecule has 1 saturated carbocycles. The Morgan fingerprint density at radius 1 is 1.29 bits per heavy atom. The molecule has 3 atom stereocenters. The van der Waals surface area contributed by atoms with Crippen molar-refractivity contribution in [1.29, 1.82) is 0 Å². The first-order valence-electron chi connectivity index (χ1n) is 5.70. The zero-order valence-electron chi connectivity index (χ0n) is 10.0. The molecule has 3 N–H and O–H groups in total. The number of carboxylic acid groups (broad SMARTS) is 1. The largest absolute Gasteiger partial charge is 0.481 e. The van der Waals surface area contributed by atoms with Gasteiger partial charge in [-0.25, -0.2) is 0 Å². The summed E-state index contributed by atoms with van der Waals surface area (Å²) in [4.78, 5) is 33.1. The predicted molar refractivity (Wildman–Crippen MR) is 60.2 cm³/mol. The van der Waals surface area contributed by atoms with Gasteiger partial charge in [0, 0.05) is 13.0 Å². The van der Waals surface area contributed by atoms with E-state index in [-0.39, 0.29) is 23.8 Å². The Morgan fingerprint density at radius 3 is 2.41 bits per heavy atom. The van der Waals surface area contributed by atoms with Gasteiger partial charge in [-0.05, 0) is 26.2 Å². The number of hydrogen-bond acceptors (Lipinski definition) is 3. The molecule has 6 nitrogen and oxygen atoms in total. The maximum Gasteiger partial charge on any atom is 0.306 e. The molecule has 17 heavy (non-hydrogen) atoms. The Hall–Kier alpha value is -1.59. The SMILES string of the molecule is CC(=O)NC(C)C(=O)N[C@@H]1CC[C@H](C(=O)O)C1. The molecule has 0 radical (unpaired) electrons. The van der Waals surface area contributed by atoms with Crippen LogP contribution in [0.3, 0.4) is 0 Å². The first-order valence-corrected chi connectivity index (χ1v) is 5.70. The third kappa shape index (κ3) is 4.05. The summed E-state index contributed by atoms with van der Waals surface area (Å²) in [5.41, 5.74) is 0. The Morgan fingerprint density at radius 2 is 1.94 bits per heavy atom. The molecule has 0 spiro atoms. The molecule has 1 aliphatic carbocycles. The van der Waals surface area contributed by atoms with Crippen LogP contribution >= 0.6 is 0 Å². The number of rotatable bonds is 4. The van der Waals surface area contributed by atoms with Crippen molar-refractivity contribution < 1.29 is 19.5 Å². The van der Waals surface area contributed by atoms with E-state index in [0.717, 1.165) is 0 Å². The summed E-state index contributed by atoms with van der Waals surface area (Å²) in [7, 11) is 0. The molecular formula is C11H18N2O4. The number of hydrogen-bond donors (Lipinski definition) is 3. The van der Waals surface area contributed by atoms with Crippen LogP contribution < -0.4 is 10.6 Å². The van der Waals surface area contributed by atoms with E-state index in [4.69, 9.17) is 5.11 Å². The average molecular weight is 242 g/mol. The van der Waals surface area contributed by atoms with Gasteiger partial charge in [-0.2, -0.15) is 0 Å². The number of carboxylic acids is 1. The normalized spacial score (nSPS) is 25.1. The summed E-state index contributed by atoms with van der Waals surface area (Å²) in [6, 6.07) is -0.684. The molecule has 1 unspecified atom stereocenters. The van der Waals surface area contributed by atoms with Gasteiger partial charge in [0.05, 0.1) is 5.92 Å². The first-order chi connectivity index (χ1) is 7.90. The van der Waals surface area contributed by atoms with Gasteiger partial charge in [0.1, 0.15) is 6.04 Å². The zero-order valence-corrected chi connectivity index (χ0v) is 10.0. The molecule has 6 heteroatoms. The van der Waals surface area contributed by atoms with Crippen molar-refractivity contribution in [2.45, 2.75) is 45.2 Å². The maximum absolute atomic E-state index is 11.6. The lowest BCUT2D eigenvalue weighted by Gasteiger charge is -2.17. The fraction of sp³-hybridized carbons (Fsp3) is 0.727. The Bertz CT molecular complexity index is 329. The van der Waals surface area contributed by atoms with Crippen molar-refractivity contribution in [2.75, 3.05) is 0 Å². The van der Waals surface area contributed by atoms with Crippen LogP contribution in [0.1, 0.15) is 33.1 Å². The van der Waals surface area contributed by atoms with E-state index in [0.29, 0.717) is 19.3 Å². The molecular weight excluding hydrogens is 224 g/mol. The quantitative estimate of drug-likeness (QED) is 0.640. The van der Waals surface area contributed by atoms with E-state index in [9.17, 15) is 14.4 Å². The molecule has 0 aromatic carbocycles. The summed E-state index contributed by atoms with van der Waals surface area (Å²) >= 11 is 0. The summed E-state index contributed by atoms with van der Waals surface area (Å²) in [5, 5.41) is 14.1. The van der Waals surface area contributed by atoms with Gasteiger partial charge in [-0.3, -0.25) is 14.4 Å². The Balaban J connectivity index is 2.37. The smallest absolute Gasteiger partial charge is 0.306 e. The minimum atomic E-state index is -0.809. The molecule has 0 bridgehead atoms. The molecule has 96 valence electrons. The van der Waals surface area contributed by atoms with Gasteiger partial charge in [0.2, 0.25) is 11.8 Å². The number of amides is 2. The van der Waals surface area contributed by atoms with Gasteiger partial charge in [-0.15, -0.1) is 0 Å². The van der Waals surface area contributed by atoms with Gasteiger partial charge in [0.15, 0.2) is 0 Å². The predicted octanol–water partition coefficient (Wildman–Crippen LogP) is -0.119. The highest BCUT2D eigenvalue weighted by Gasteiger charge is 2.31. The van der Waals surface area contributed by atoms with Gasteiger partial charge in [-0.1, -0.05) is 0 Å². The number of nitrogens with one attached hydrogen (secondary N) is 2. The van der Waals surface area contributed by atoms with Crippen molar-refractivity contribution in [3.05, 3.63) is 0 Å². The number of aliphatic carboxylic acids is 1. The molecule has 0 heterocycles. The topological polar surface area (TPSA) is 95.5 Å². The highest BCUT2D eigenvalue weighted by molar-refractivity contribution is 5.86. The standard InChI is InChI=1S/C11H18N2O4/c1-6(12-7(2)14)10(15)13-9-4-3-8(5-9)11(16)17/h6,8-9H,3-5H2,1-2H3,(H,12,14)(H,13,15)(H,16,17)/t6?,8-,9+/m0/s1. The van der Waals surface area contributed by atoms with Gasteiger partial charge < -0.3 is 15.7 Å². The Labute approximate surface area is 99.8 Å². The van der Waals surface area contributed by atoms with Gasteiger partial charge >= 0.3 is 5.97 Å². The zero-order chi connectivity index (χ0) is 13.0. The van der Waals surface area contributed by atoms with Crippen molar-refractivity contribution in [2.24, 2.45) is 5.92 Å². The molecule has 1 aliphatic rings. The van der Waals surface area contributed by atoms with E-state index in [1.807, 2.05) is 0 Å². The van der Waals surface area contributed by atoms with Crippen LogP contribution in [0.25, 0.3) is 0 Å². The van der Waals surface area contributed by atoms with Crippen LogP contribution in [-0.4, -0.2) is 35.0 Å². The second-order valence-electron chi connectivity index (χ2n) is 4.48. The van der Waals surface area contributed by atoms with Gasteiger partial charge in [0.25, 0.3) is 0 Å². The summed E-state index contributed by atoms with van der Waals surface area (Å²) in [6.07, 6.45) is 1.73. The summed E-state index contributed by atoms with van der Waals surface area (Å²) < 4.78 is 0. The highest BCUT2D eigenvalue weighted by Crippen LogP contribution is 2.25. The molecule has 0 saturated heterocycles. The lowest BCUT2D eigenvalue weighted by Crippen LogP contribution is -2.47. The van der Waals surface area contributed by atoms with E-state index >= 15 is 0 Å². The van der Waals surface area contributed by atoms with Crippen LogP contribution in [0.4, 0.5) is 0 Å². The van der Waals surface area contributed by atoms with Crippen LogP contribution in [0, 0.1) is 5.92 Å². The third-order valence-electron chi connectivity index (χ3n) is 2.94. The maximum atomic E-state index is 11.6. The van der Waals surface area contributed by atoms with Crippen LogP contribution in [0.2, 0.25) is 0 Å². The van der Waals surface area contributed by atoms with E-state index in [1.54, 1.807) is 6.92 Å². The van der Waals surface area contributed by atoms with Crippen LogP contribution in [0.15, 0.2) is 0 Å². The van der Waals surface area contributed by atoms with E-state index in [2.05, 4.69) is 10.6 Å². The monoisotopic (exact) mass is 242 g/mol. The van der Waals surface area contributed by atoms with Crippen molar-refractivity contribution in [1.82, 2.24) is 10.6 Å². The number of carbonyl (C=O) groups is 3. The minimum absolute atomic E-state index is 0.0974. The van der Waals surface area contributed by atoms with E-state index < -0.39 is 12.0 Å². The number of carbonyl (C=O) groups excluding carboxylic acids is 2. The highest BCUT2D eigenvalue weighted by atomic mass is 16.4. The summed E-state index contributed by atoms with van der Waals surface area (Å²) in [5.74, 6) is -1.70. The van der Waals surface area contributed by atoms with Crippen LogP contribution in [0.5, 0.6) is 0 Å². The lowest BCUT2D eigenvalue weighted by atomic mass is 10.1. The average Bonchev–Trinajstić information content (AvgIpc) is 2.65. The molecule has 0 aliphatic heterocycles. The molecule has 0 aromatic rings. The molecule has 1 fully saturated rings. The molecule has 0 aromatic heterocycles. The fourth-order valence-electron chi connectivity index (χ4n) is 2.03. The first kappa shape index (κ1) is 13.5. The Kier molecular flexibility index (Phi) is 4.48. The third-order valence-corrected chi connectivity index (χ3v) is 2.94. The minimum Gasteiger partial charge on any atom is -0.481 e. The summed E-state index contributed by atoms with van der Waals surface area (Å²) in [6.45, 7) is 2.94.